The van der Waals surface area contributed by atoms with E-state index in [2.05, 4.69) is 10.6 Å². The molecule has 2 unspecified atom stereocenters. The zero-order valence-electron chi connectivity index (χ0n) is 20.9. The zero-order chi connectivity index (χ0) is 25.7. The van der Waals surface area contributed by atoms with Crippen LogP contribution < -0.4 is 10.6 Å². The van der Waals surface area contributed by atoms with Crippen LogP contribution in [0.4, 0.5) is 11.4 Å². The summed E-state index contributed by atoms with van der Waals surface area (Å²) in [7, 11) is 0. The Morgan fingerprint density at radius 2 is 1.83 bits per heavy atom. The minimum absolute atomic E-state index is 0.00250. The van der Waals surface area contributed by atoms with Gasteiger partial charge in [-0.15, -0.1) is 0 Å². The maximum absolute atomic E-state index is 13.9. The number of rotatable bonds is 7. The molecule has 5 atom stereocenters. The van der Waals surface area contributed by atoms with Crippen molar-refractivity contribution in [3.63, 3.8) is 0 Å². The highest BCUT2D eigenvalue weighted by molar-refractivity contribution is 6.05. The highest BCUT2D eigenvalue weighted by Crippen LogP contribution is 2.64. The number of aryl methyl sites for hydroxylation is 2. The molecule has 190 valence electrons. The van der Waals surface area contributed by atoms with Gasteiger partial charge in [0, 0.05) is 17.9 Å². The molecule has 3 aliphatic heterocycles. The number of fused-ring (bicyclic) bond motifs is 1. The van der Waals surface area contributed by atoms with E-state index in [1.165, 1.54) is 4.90 Å². The van der Waals surface area contributed by atoms with Gasteiger partial charge in [0.2, 0.25) is 17.7 Å². The molecule has 0 aliphatic carbocycles. The molecule has 3 fully saturated rings. The van der Waals surface area contributed by atoms with Gasteiger partial charge < -0.3 is 25.4 Å². The summed E-state index contributed by atoms with van der Waals surface area (Å²) in [6.07, 6.45) is 1.64. The van der Waals surface area contributed by atoms with Crippen LogP contribution in [0.5, 0.6) is 0 Å². The van der Waals surface area contributed by atoms with Crippen LogP contribution in [0, 0.1) is 25.7 Å². The second kappa shape index (κ2) is 9.01. The molecule has 3 heterocycles. The number of amides is 3. The SMILES string of the molecule is CC[C@@]12CCC3(O1)C(C(=O)Nc1cc(C)ccc1C)N(CCO)C(=O)[C@@H]3[C@@H]2C(=O)Nc1ccccc1. The lowest BCUT2D eigenvalue weighted by Gasteiger charge is -2.33. The standard InChI is InChI=1S/C28H33N3O5/c1-4-27-12-13-28(36-27)22(21(27)24(33)29-19-8-6-5-7-9-19)26(35)31(14-15-32)23(28)25(34)30-20-16-17(2)10-11-18(20)3/h5-11,16,21-23,32H,4,12-15H2,1-3H3,(H,29,33)(H,30,34)/t21-,22+,23?,27+,28?/m1/s1. The molecular formula is C28H33N3O5. The minimum Gasteiger partial charge on any atom is -0.395 e. The molecule has 3 saturated heterocycles. The predicted octanol–water partition coefficient (Wildman–Crippen LogP) is 3.03. The van der Waals surface area contributed by atoms with Crippen LogP contribution >= 0.6 is 0 Å². The van der Waals surface area contributed by atoms with E-state index in [-0.39, 0.29) is 30.9 Å². The van der Waals surface area contributed by atoms with Gasteiger partial charge in [0.1, 0.15) is 11.6 Å². The van der Waals surface area contributed by atoms with E-state index in [0.29, 0.717) is 30.6 Å². The first-order chi connectivity index (χ1) is 17.3. The monoisotopic (exact) mass is 491 g/mol. The summed E-state index contributed by atoms with van der Waals surface area (Å²) >= 11 is 0. The lowest BCUT2D eigenvalue weighted by Crippen LogP contribution is -2.53. The van der Waals surface area contributed by atoms with Gasteiger partial charge in [0.05, 0.1) is 24.0 Å². The molecule has 2 aromatic carbocycles. The summed E-state index contributed by atoms with van der Waals surface area (Å²) in [5.74, 6) is -2.47. The molecule has 8 nitrogen and oxygen atoms in total. The van der Waals surface area contributed by atoms with Gasteiger partial charge in [-0.1, -0.05) is 37.3 Å². The number of hydrogen-bond donors (Lipinski definition) is 3. The molecule has 36 heavy (non-hydrogen) atoms. The predicted molar refractivity (Wildman–Crippen MR) is 135 cm³/mol. The number of benzene rings is 2. The number of nitrogens with zero attached hydrogens (tertiary/aromatic N) is 1. The molecule has 2 bridgehead atoms. The van der Waals surface area contributed by atoms with E-state index < -0.39 is 29.1 Å². The van der Waals surface area contributed by atoms with Crippen molar-refractivity contribution in [3.8, 4) is 0 Å². The maximum atomic E-state index is 13.9. The second-order valence-corrected chi connectivity index (χ2v) is 10.3. The highest BCUT2D eigenvalue weighted by atomic mass is 16.5. The van der Waals surface area contributed by atoms with Crippen molar-refractivity contribution in [2.24, 2.45) is 11.8 Å². The largest absolute Gasteiger partial charge is 0.395 e. The molecule has 8 heteroatoms. The van der Waals surface area contributed by atoms with Crippen LogP contribution in [-0.4, -0.2) is 58.1 Å². The number of nitrogens with one attached hydrogen (secondary N) is 2. The molecule has 2 aromatic rings. The van der Waals surface area contributed by atoms with Gasteiger partial charge in [-0.25, -0.2) is 0 Å². The molecule has 3 aliphatic rings. The van der Waals surface area contributed by atoms with E-state index in [4.69, 9.17) is 4.74 Å². The van der Waals surface area contributed by atoms with Gasteiger partial charge in [-0.2, -0.15) is 0 Å². The summed E-state index contributed by atoms with van der Waals surface area (Å²) in [6, 6.07) is 14.0. The van der Waals surface area contributed by atoms with Crippen molar-refractivity contribution >= 4 is 29.1 Å². The summed E-state index contributed by atoms with van der Waals surface area (Å²) in [5.41, 5.74) is 1.29. The van der Waals surface area contributed by atoms with E-state index in [1.807, 2.05) is 57.2 Å². The van der Waals surface area contributed by atoms with Crippen LogP contribution in [0.25, 0.3) is 0 Å². The maximum Gasteiger partial charge on any atom is 0.250 e. The number of β-amino-alcohol motifs (C(OH)–C–C–N with tert-alkyl or cyclic N) is 1. The zero-order valence-corrected chi connectivity index (χ0v) is 20.9. The second-order valence-electron chi connectivity index (χ2n) is 10.3. The van der Waals surface area contributed by atoms with Gasteiger partial charge in [0.15, 0.2) is 0 Å². The first-order valence-electron chi connectivity index (χ1n) is 12.6. The number of aliphatic hydroxyl groups excluding tert-OH is 1. The summed E-state index contributed by atoms with van der Waals surface area (Å²) in [4.78, 5) is 42.7. The number of carbonyl (C=O) groups excluding carboxylic acids is 3. The number of carbonyl (C=O) groups is 3. The minimum atomic E-state index is -1.12. The van der Waals surface area contributed by atoms with Crippen molar-refractivity contribution in [1.29, 1.82) is 0 Å². The number of hydrogen-bond acceptors (Lipinski definition) is 5. The smallest absolute Gasteiger partial charge is 0.250 e. The summed E-state index contributed by atoms with van der Waals surface area (Å²) in [5, 5.41) is 15.7. The van der Waals surface area contributed by atoms with E-state index in [0.717, 1.165) is 11.1 Å². The fourth-order valence-electron chi connectivity index (χ4n) is 6.58. The first-order valence-corrected chi connectivity index (χ1v) is 12.6. The average molecular weight is 492 g/mol. The molecule has 3 amide bonds. The van der Waals surface area contributed by atoms with E-state index in [9.17, 15) is 19.5 Å². The van der Waals surface area contributed by atoms with Crippen LogP contribution in [0.1, 0.15) is 37.3 Å². The fourth-order valence-corrected chi connectivity index (χ4v) is 6.58. The van der Waals surface area contributed by atoms with Crippen molar-refractivity contribution in [2.45, 2.75) is 57.3 Å². The third-order valence-corrected chi connectivity index (χ3v) is 8.24. The Balaban J connectivity index is 1.52. The molecular weight excluding hydrogens is 458 g/mol. The topological polar surface area (TPSA) is 108 Å². The molecule has 0 radical (unpaired) electrons. The van der Waals surface area contributed by atoms with E-state index in [1.54, 1.807) is 12.1 Å². The lowest BCUT2D eigenvalue weighted by atomic mass is 9.65. The third-order valence-electron chi connectivity index (χ3n) is 8.24. The Morgan fingerprint density at radius 3 is 2.53 bits per heavy atom. The Bertz CT molecular complexity index is 1200. The van der Waals surface area contributed by atoms with Crippen LogP contribution in [0.15, 0.2) is 48.5 Å². The van der Waals surface area contributed by atoms with Gasteiger partial charge in [-0.05, 0) is 62.4 Å². The Kier molecular flexibility index (Phi) is 6.12. The molecule has 0 aromatic heterocycles. The quantitative estimate of drug-likeness (QED) is 0.552. The fraction of sp³-hybridized carbons (Fsp3) is 0.464. The Hall–Kier alpha value is -3.23. The highest BCUT2D eigenvalue weighted by Gasteiger charge is 2.78. The first kappa shape index (κ1) is 24.5. The Labute approximate surface area is 211 Å². The number of aliphatic hydroxyl groups is 1. The number of para-hydroxylation sites is 1. The number of anilines is 2. The lowest BCUT2D eigenvalue weighted by molar-refractivity contribution is -0.144. The van der Waals surface area contributed by atoms with Gasteiger partial charge in [-0.3, -0.25) is 14.4 Å². The normalized spacial score (nSPS) is 30.4. The molecule has 3 N–H and O–H groups in total. The Morgan fingerprint density at radius 1 is 1.08 bits per heavy atom. The van der Waals surface area contributed by atoms with Gasteiger partial charge >= 0.3 is 0 Å². The molecule has 0 saturated carbocycles. The molecule has 1 spiro atoms. The summed E-state index contributed by atoms with van der Waals surface area (Å²) in [6.45, 7) is 5.53. The average Bonchev–Trinajstić information content (AvgIpc) is 3.46. The van der Waals surface area contributed by atoms with Crippen molar-refractivity contribution in [3.05, 3.63) is 59.7 Å². The number of ether oxygens (including phenoxy) is 1. The number of likely N-dealkylation sites (tertiary alicyclic amines) is 1. The van der Waals surface area contributed by atoms with Crippen molar-refractivity contribution in [1.82, 2.24) is 4.90 Å². The van der Waals surface area contributed by atoms with Crippen LogP contribution in [-0.2, 0) is 19.1 Å². The van der Waals surface area contributed by atoms with Crippen molar-refractivity contribution in [2.75, 3.05) is 23.8 Å². The van der Waals surface area contributed by atoms with E-state index >= 15 is 0 Å². The summed E-state index contributed by atoms with van der Waals surface area (Å²) < 4.78 is 6.70. The molecule has 5 rings (SSSR count). The van der Waals surface area contributed by atoms with Crippen LogP contribution in [0.2, 0.25) is 0 Å². The van der Waals surface area contributed by atoms with Gasteiger partial charge in [0.25, 0.3) is 0 Å². The van der Waals surface area contributed by atoms with Crippen molar-refractivity contribution < 1.29 is 24.2 Å². The third kappa shape index (κ3) is 3.62. The van der Waals surface area contributed by atoms with Crippen LogP contribution in [0.3, 0.4) is 0 Å².